The maximum atomic E-state index is 11.8. The van der Waals surface area contributed by atoms with Gasteiger partial charge < -0.3 is 9.84 Å². The van der Waals surface area contributed by atoms with Gasteiger partial charge in [0.1, 0.15) is 0 Å². The van der Waals surface area contributed by atoms with Crippen molar-refractivity contribution in [2.45, 2.75) is 19.4 Å². The Bertz CT molecular complexity index is 688. The third kappa shape index (κ3) is 2.79. The van der Waals surface area contributed by atoms with E-state index in [0.29, 0.717) is 0 Å². The van der Waals surface area contributed by atoms with E-state index in [1.54, 1.807) is 44.4 Å². The molecule has 1 aromatic heterocycles. The molecule has 1 heterocycles. The molecule has 0 unspecified atom stereocenters. The van der Waals surface area contributed by atoms with Gasteiger partial charge in [0.05, 0.1) is 18.9 Å². The lowest BCUT2D eigenvalue weighted by Gasteiger charge is -2.21. The topological polar surface area (TPSA) is 81.4 Å². The summed E-state index contributed by atoms with van der Waals surface area (Å²) >= 11 is 0. The number of hydrogen-bond donors (Lipinski definition) is 1. The van der Waals surface area contributed by atoms with Crippen molar-refractivity contribution in [1.82, 2.24) is 9.78 Å². The smallest absolute Gasteiger partial charge is 0.335 e. The van der Waals surface area contributed by atoms with Gasteiger partial charge in [0.15, 0.2) is 5.54 Å². The third-order valence-corrected chi connectivity index (χ3v) is 3.28. The molecule has 21 heavy (non-hydrogen) atoms. The van der Waals surface area contributed by atoms with Gasteiger partial charge in [-0.1, -0.05) is 12.1 Å². The average molecular weight is 288 g/mol. The van der Waals surface area contributed by atoms with E-state index in [1.165, 1.54) is 17.9 Å². The van der Waals surface area contributed by atoms with Crippen molar-refractivity contribution in [3.8, 4) is 11.1 Å². The van der Waals surface area contributed by atoms with Crippen molar-refractivity contribution in [2.24, 2.45) is 0 Å². The molecule has 1 N–H and O–H groups in total. The van der Waals surface area contributed by atoms with Gasteiger partial charge in [0.2, 0.25) is 0 Å². The molecule has 2 rings (SSSR count). The van der Waals surface area contributed by atoms with Crippen LogP contribution in [0.15, 0.2) is 36.7 Å². The number of nitrogens with zero attached hydrogens (tertiary/aromatic N) is 2. The molecule has 6 nitrogen and oxygen atoms in total. The monoisotopic (exact) mass is 288 g/mol. The Morgan fingerprint density at radius 1 is 1.29 bits per heavy atom. The normalized spacial score (nSPS) is 11.2. The van der Waals surface area contributed by atoms with Crippen molar-refractivity contribution >= 4 is 11.9 Å². The molecule has 0 aliphatic rings. The highest BCUT2D eigenvalue weighted by atomic mass is 16.5. The van der Waals surface area contributed by atoms with E-state index in [9.17, 15) is 9.59 Å². The Labute approximate surface area is 122 Å². The highest BCUT2D eigenvalue weighted by Crippen LogP contribution is 2.23. The second-order valence-corrected chi connectivity index (χ2v) is 5.11. The molecular weight excluding hydrogens is 272 g/mol. The summed E-state index contributed by atoms with van der Waals surface area (Å²) in [6, 6.07) is 6.55. The number of aromatic nitrogens is 2. The first-order chi connectivity index (χ1) is 9.86. The van der Waals surface area contributed by atoms with Gasteiger partial charge in [-0.15, -0.1) is 0 Å². The number of aromatic carboxylic acids is 1. The van der Waals surface area contributed by atoms with E-state index in [4.69, 9.17) is 9.84 Å². The maximum Gasteiger partial charge on any atom is 0.335 e. The van der Waals surface area contributed by atoms with Crippen molar-refractivity contribution in [2.75, 3.05) is 7.11 Å². The Hall–Kier alpha value is -2.63. The van der Waals surface area contributed by atoms with Gasteiger partial charge in [0.25, 0.3) is 0 Å². The fraction of sp³-hybridized carbons (Fsp3) is 0.267. The predicted molar refractivity (Wildman–Crippen MR) is 76.0 cm³/mol. The van der Waals surface area contributed by atoms with Crippen molar-refractivity contribution in [3.63, 3.8) is 0 Å². The molecule has 6 heteroatoms. The van der Waals surface area contributed by atoms with Crippen LogP contribution in [0, 0.1) is 0 Å². The van der Waals surface area contributed by atoms with Crippen LogP contribution in [0.1, 0.15) is 24.2 Å². The van der Waals surface area contributed by atoms with E-state index in [-0.39, 0.29) is 5.56 Å². The van der Waals surface area contributed by atoms with Crippen LogP contribution in [0.4, 0.5) is 0 Å². The van der Waals surface area contributed by atoms with Gasteiger partial charge in [-0.2, -0.15) is 5.10 Å². The first-order valence-electron chi connectivity index (χ1n) is 6.33. The molecule has 0 aliphatic carbocycles. The highest BCUT2D eigenvalue weighted by molar-refractivity contribution is 5.89. The number of ether oxygens (including phenoxy) is 1. The van der Waals surface area contributed by atoms with E-state index in [2.05, 4.69) is 5.10 Å². The Morgan fingerprint density at radius 3 is 2.62 bits per heavy atom. The fourth-order valence-corrected chi connectivity index (χ4v) is 1.95. The summed E-state index contributed by atoms with van der Waals surface area (Å²) in [4.78, 5) is 22.8. The van der Waals surface area contributed by atoms with Crippen molar-refractivity contribution in [3.05, 3.63) is 42.2 Å². The summed E-state index contributed by atoms with van der Waals surface area (Å²) in [7, 11) is 1.32. The number of carbonyl (C=O) groups excluding carboxylic acids is 1. The van der Waals surface area contributed by atoms with Gasteiger partial charge >= 0.3 is 11.9 Å². The Morgan fingerprint density at radius 2 is 2.00 bits per heavy atom. The van der Waals surface area contributed by atoms with Crippen molar-refractivity contribution in [1.29, 1.82) is 0 Å². The highest BCUT2D eigenvalue weighted by Gasteiger charge is 2.31. The lowest BCUT2D eigenvalue weighted by atomic mass is 10.1. The molecule has 0 aliphatic heterocycles. The number of carbonyl (C=O) groups is 2. The average Bonchev–Trinajstić information content (AvgIpc) is 2.97. The number of benzene rings is 1. The minimum Gasteiger partial charge on any atom is -0.478 e. The lowest BCUT2D eigenvalue weighted by Crippen LogP contribution is -2.37. The van der Waals surface area contributed by atoms with Crippen LogP contribution < -0.4 is 0 Å². The standard InChI is InChI=1S/C15H16N2O4/c1-15(2,14(20)21-3)17-9-12(8-16-17)10-5-4-6-11(7-10)13(18)19/h4-9H,1-3H3,(H,18,19). The molecule has 2 aromatic rings. The van der Waals surface area contributed by atoms with Crippen LogP contribution in [0.3, 0.4) is 0 Å². The van der Waals surface area contributed by atoms with Crippen LogP contribution in [-0.2, 0) is 15.1 Å². The fourth-order valence-electron chi connectivity index (χ4n) is 1.95. The van der Waals surface area contributed by atoms with Crippen LogP contribution in [0.5, 0.6) is 0 Å². The van der Waals surface area contributed by atoms with Crippen molar-refractivity contribution < 1.29 is 19.4 Å². The molecular formula is C15H16N2O4. The van der Waals surface area contributed by atoms with Crippen LogP contribution in [-0.4, -0.2) is 33.9 Å². The number of carboxylic acid groups (broad SMARTS) is 1. The summed E-state index contributed by atoms with van der Waals surface area (Å²) in [6.45, 7) is 3.40. The van der Waals surface area contributed by atoms with Crippen LogP contribution >= 0.6 is 0 Å². The lowest BCUT2D eigenvalue weighted by molar-refractivity contribution is -0.150. The molecule has 0 radical (unpaired) electrons. The van der Waals surface area contributed by atoms with E-state index in [0.717, 1.165) is 11.1 Å². The molecule has 0 atom stereocenters. The number of rotatable bonds is 4. The number of methoxy groups -OCH3 is 1. The summed E-state index contributed by atoms with van der Waals surface area (Å²) in [6.07, 6.45) is 3.28. The quantitative estimate of drug-likeness (QED) is 0.872. The zero-order valence-electron chi connectivity index (χ0n) is 12.0. The number of carboxylic acids is 1. The van der Waals surface area contributed by atoms with Gasteiger partial charge in [-0.3, -0.25) is 4.68 Å². The van der Waals surface area contributed by atoms with Crippen LogP contribution in [0.25, 0.3) is 11.1 Å². The SMILES string of the molecule is COC(=O)C(C)(C)n1cc(-c2cccc(C(=O)O)c2)cn1. The Kier molecular flexibility index (Phi) is 3.80. The first kappa shape index (κ1) is 14.8. The first-order valence-corrected chi connectivity index (χ1v) is 6.33. The van der Waals surface area contributed by atoms with Gasteiger partial charge in [-0.05, 0) is 31.5 Å². The van der Waals surface area contributed by atoms with Gasteiger partial charge in [0, 0.05) is 11.8 Å². The Balaban J connectivity index is 2.38. The second-order valence-electron chi connectivity index (χ2n) is 5.11. The third-order valence-electron chi connectivity index (χ3n) is 3.28. The maximum absolute atomic E-state index is 11.8. The molecule has 110 valence electrons. The van der Waals surface area contributed by atoms with E-state index >= 15 is 0 Å². The molecule has 0 bridgehead atoms. The molecule has 0 spiro atoms. The minimum absolute atomic E-state index is 0.201. The zero-order valence-corrected chi connectivity index (χ0v) is 12.0. The van der Waals surface area contributed by atoms with E-state index < -0.39 is 17.5 Å². The summed E-state index contributed by atoms with van der Waals surface area (Å²) in [5.74, 6) is -1.39. The summed E-state index contributed by atoms with van der Waals surface area (Å²) in [5, 5.41) is 13.2. The largest absolute Gasteiger partial charge is 0.478 e. The summed E-state index contributed by atoms with van der Waals surface area (Å²) in [5.41, 5.74) is 0.724. The molecule has 1 aromatic carbocycles. The molecule has 0 amide bonds. The van der Waals surface area contributed by atoms with E-state index in [1.807, 2.05) is 0 Å². The molecule has 0 saturated carbocycles. The molecule has 0 saturated heterocycles. The minimum atomic E-state index is -0.987. The number of esters is 1. The predicted octanol–water partition coefficient (Wildman–Crippen LogP) is 2.16. The molecule has 0 fully saturated rings. The summed E-state index contributed by atoms with van der Waals surface area (Å²) < 4.78 is 6.26. The zero-order chi connectivity index (χ0) is 15.6. The van der Waals surface area contributed by atoms with Crippen LogP contribution in [0.2, 0.25) is 0 Å². The number of hydrogen-bond acceptors (Lipinski definition) is 4. The van der Waals surface area contributed by atoms with Gasteiger partial charge in [-0.25, -0.2) is 9.59 Å². The second kappa shape index (κ2) is 5.40.